The van der Waals surface area contributed by atoms with E-state index in [-0.39, 0.29) is 30.3 Å². The second-order valence-corrected chi connectivity index (χ2v) is 6.54. The van der Waals surface area contributed by atoms with Crippen molar-refractivity contribution in [1.82, 2.24) is 10.6 Å². The van der Waals surface area contributed by atoms with Crippen LogP contribution >= 0.6 is 11.3 Å². The fourth-order valence-electron chi connectivity index (χ4n) is 1.64. The molecule has 20 heavy (non-hydrogen) atoms. The molecule has 0 aliphatic rings. The first-order valence-electron chi connectivity index (χ1n) is 6.70. The second kappa shape index (κ2) is 7.40. The first-order valence-corrected chi connectivity index (χ1v) is 7.52. The lowest BCUT2D eigenvalue weighted by molar-refractivity contribution is -0.127. The van der Waals surface area contributed by atoms with E-state index in [1.165, 1.54) is 4.88 Å². The molecule has 2 amide bonds. The topological polar surface area (TPSA) is 84.2 Å². The summed E-state index contributed by atoms with van der Waals surface area (Å²) in [6, 6.07) is 3.38. The molecule has 0 bridgehead atoms. The minimum Gasteiger partial charge on any atom is -0.347 e. The molecule has 5 nitrogen and oxygen atoms in total. The zero-order valence-corrected chi connectivity index (χ0v) is 13.2. The summed E-state index contributed by atoms with van der Waals surface area (Å²) in [6.45, 7) is 7.63. The van der Waals surface area contributed by atoms with Crippen molar-refractivity contribution >= 4 is 23.2 Å². The molecule has 0 radical (unpaired) electrons. The van der Waals surface area contributed by atoms with Crippen LogP contribution in [-0.4, -0.2) is 24.4 Å². The minimum absolute atomic E-state index is 0.0473. The third-order valence-electron chi connectivity index (χ3n) is 3.01. The smallest absolute Gasteiger partial charge is 0.239 e. The SMILES string of the molecule is Cc1ccc(C(C)NC(=O)CNC(=O)[C@@H](N)C(C)C)s1. The van der Waals surface area contributed by atoms with Gasteiger partial charge < -0.3 is 16.4 Å². The number of hydrogen-bond donors (Lipinski definition) is 3. The van der Waals surface area contributed by atoms with Gasteiger partial charge in [-0.05, 0) is 31.9 Å². The van der Waals surface area contributed by atoms with Crippen LogP contribution in [0.1, 0.15) is 36.6 Å². The van der Waals surface area contributed by atoms with Gasteiger partial charge in [-0.1, -0.05) is 13.8 Å². The van der Waals surface area contributed by atoms with Crippen LogP contribution in [0.15, 0.2) is 12.1 Å². The van der Waals surface area contributed by atoms with Crippen molar-refractivity contribution in [1.29, 1.82) is 0 Å². The average Bonchev–Trinajstić information content (AvgIpc) is 2.81. The van der Waals surface area contributed by atoms with E-state index < -0.39 is 6.04 Å². The molecule has 1 rings (SSSR count). The summed E-state index contributed by atoms with van der Waals surface area (Å²) in [5.41, 5.74) is 5.70. The maximum Gasteiger partial charge on any atom is 0.239 e. The van der Waals surface area contributed by atoms with Crippen LogP contribution in [-0.2, 0) is 9.59 Å². The van der Waals surface area contributed by atoms with Gasteiger partial charge in [0.1, 0.15) is 0 Å². The number of hydrogen-bond acceptors (Lipinski definition) is 4. The van der Waals surface area contributed by atoms with Gasteiger partial charge in [0.15, 0.2) is 0 Å². The highest BCUT2D eigenvalue weighted by atomic mass is 32.1. The van der Waals surface area contributed by atoms with Crippen molar-refractivity contribution in [3.63, 3.8) is 0 Å². The largest absolute Gasteiger partial charge is 0.347 e. The summed E-state index contributed by atoms with van der Waals surface area (Å²) in [6.07, 6.45) is 0. The molecule has 0 saturated carbocycles. The molecule has 2 atom stereocenters. The number of aryl methyl sites for hydroxylation is 1. The fourth-order valence-corrected chi connectivity index (χ4v) is 2.52. The molecule has 0 spiro atoms. The normalized spacial score (nSPS) is 13.9. The second-order valence-electron chi connectivity index (χ2n) is 5.23. The molecule has 0 aromatic carbocycles. The molecular weight excluding hydrogens is 274 g/mol. The molecule has 112 valence electrons. The van der Waals surface area contributed by atoms with Crippen LogP contribution in [0.3, 0.4) is 0 Å². The highest BCUT2D eigenvalue weighted by Crippen LogP contribution is 2.21. The van der Waals surface area contributed by atoms with Gasteiger partial charge in [-0.3, -0.25) is 9.59 Å². The van der Waals surface area contributed by atoms with Gasteiger partial charge in [-0.25, -0.2) is 0 Å². The quantitative estimate of drug-likeness (QED) is 0.740. The third-order valence-corrected chi connectivity index (χ3v) is 4.19. The lowest BCUT2D eigenvalue weighted by Crippen LogP contribution is -2.47. The van der Waals surface area contributed by atoms with E-state index in [2.05, 4.69) is 10.6 Å². The number of thiophene rings is 1. The predicted molar refractivity (Wildman–Crippen MR) is 81.4 cm³/mol. The maximum atomic E-state index is 11.8. The van der Waals surface area contributed by atoms with Crippen LogP contribution in [0.5, 0.6) is 0 Å². The average molecular weight is 297 g/mol. The van der Waals surface area contributed by atoms with Crippen molar-refractivity contribution in [2.75, 3.05) is 6.54 Å². The van der Waals surface area contributed by atoms with Gasteiger partial charge in [0.2, 0.25) is 11.8 Å². The molecule has 4 N–H and O–H groups in total. The monoisotopic (exact) mass is 297 g/mol. The molecule has 1 aromatic heterocycles. The van der Waals surface area contributed by atoms with Crippen molar-refractivity contribution in [2.24, 2.45) is 11.7 Å². The fraction of sp³-hybridized carbons (Fsp3) is 0.571. The van der Waals surface area contributed by atoms with Crippen LogP contribution in [0, 0.1) is 12.8 Å². The first-order chi connectivity index (χ1) is 9.31. The predicted octanol–water partition coefficient (Wildman–Crippen LogP) is 1.33. The number of amides is 2. The Hall–Kier alpha value is -1.40. The lowest BCUT2D eigenvalue weighted by atomic mass is 10.1. The van der Waals surface area contributed by atoms with Crippen LogP contribution in [0.2, 0.25) is 0 Å². The summed E-state index contributed by atoms with van der Waals surface area (Å²) in [4.78, 5) is 25.7. The molecular formula is C14H23N3O2S. The van der Waals surface area contributed by atoms with Crippen molar-refractivity contribution in [3.05, 3.63) is 21.9 Å². The van der Waals surface area contributed by atoms with Gasteiger partial charge in [0.25, 0.3) is 0 Å². The van der Waals surface area contributed by atoms with E-state index in [1.807, 2.05) is 39.8 Å². The van der Waals surface area contributed by atoms with E-state index in [0.29, 0.717) is 0 Å². The highest BCUT2D eigenvalue weighted by Gasteiger charge is 2.18. The molecule has 0 fully saturated rings. The Morgan fingerprint density at radius 3 is 2.45 bits per heavy atom. The first kappa shape index (κ1) is 16.7. The summed E-state index contributed by atoms with van der Waals surface area (Å²) in [5, 5.41) is 5.40. The molecule has 1 heterocycles. The number of nitrogens with one attached hydrogen (secondary N) is 2. The van der Waals surface area contributed by atoms with Crippen LogP contribution in [0.4, 0.5) is 0 Å². The summed E-state index contributed by atoms with van der Waals surface area (Å²) in [7, 11) is 0. The van der Waals surface area contributed by atoms with Crippen LogP contribution < -0.4 is 16.4 Å². The molecule has 0 saturated heterocycles. The molecule has 1 aromatic rings. The Balaban J connectivity index is 2.39. The number of carbonyl (C=O) groups excluding carboxylic acids is 2. The maximum absolute atomic E-state index is 11.8. The lowest BCUT2D eigenvalue weighted by Gasteiger charge is -2.16. The van der Waals surface area contributed by atoms with E-state index in [9.17, 15) is 9.59 Å². The molecule has 0 aliphatic heterocycles. The van der Waals surface area contributed by atoms with E-state index in [4.69, 9.17) is 5.73 Å². The zero-order chi connectivity index (χ0) is 15.3. The highest BCUT2D eigenvalue weighted by molar-refractivity contribution is 7.12. The van der Waals surface area contributed by atoms with Crippen molar-refractivity contribution in [3.8, 4) is 0 Å². The van der Waals surface area contributed by atoms with Crippen LogP contribution in [0.25, 0.3) is 0 Å². The Morgan fingerprint density at radius 2 is 1.95 bits per heavy atom. The molecule has 0 aliphatic carbocycles. The van der Waals surface area contributed by atoms with E-state index >= 15 is 0 Å². The standard InChI is InChI=1S/C14H23N3O2S/c1-8(2)13(15)14(19)16-7-12(18)17-10(4)11-6-5-9(3)20-11/h5-6,8,10,13H,7,15H2,1-4H3,(H,16,19)(H,17,18)/t10?,13-/m0/s1. The van der Waals surface area contributed by atoms with Gasteiger partial charge in [-0.15, -0.1) is 11.3 Å². The summed E-state index contributed by atoms with van der Waals surface area (Å²) < 4.78 is 0. The van der Waals surface area contributed by atoms with Gasteiger partial charge >= 0.3 is 0 Å². The Kier molecular flexibility index (Phi) is 6.16. The Morgan fingerprint density at radius 1 is 1.30 bits per heavy atom. The Bertz CT molecular complexity index is 471. The van der Waals surface area contributed by atoms with E-state index in [1.54, 1.807) is 11.3 Å². The number of carbonyl (C=O) groups is 2. The van der Waals surface area contributed by atoms with Gasteiger partial charge in [-0.2, -0.15) is 0 Å². The van der Waals surface area contributed by atoms with Crippen molar-refractivity contribution in [2.45, 2.75) is 39.8 Å². The van der Waals surface area contributed by atoms with Gasteiger partial charge in [0, 0.05) is 9.75 Å². The van der Waals surface area contributed by atoms with Gasteiger partial charge in [0.05, 0.1) is 18.6 Å². The third kappa shape index (κ3) is 4.94. The minimum atomic E-state index is -0.583. The number of nitrogens with two attached hydrogens (primary N) is 1. The summed E-state index contributed by atoms with van der Waals surface area (Å²) in [5.74, 6) is -0.464. The summed E-state index contributed by atoms with van der Waals surface area (Å²) >= 11 is 1.65. The van der Waals surface area contributed by atoms with Crippen molar-refractivity contribution < 1.29 is 9.59 Å². The zero-order valence-electron chi connectivity index (χ0n) is 12.4. The molecule has 6 heteroatoms. The Labute approximate surface area is 123 Å². The molecule has 1 unspecified atom stereocenters. The number of rotatable bonds is 6. The van der Waals surface area contributed by atoms with E-state index in [0.717, 1.165) is 4.88 Å².